The van der Waals surface area contributed by atoms with Crippen LogP contribution in [0.3, 0.4) is 0 Å². The molecule has 35 heavy (non-hydrogen) atoms. The maximum Gasteiger partial charge on any atom is 0.319 e. The summed E-state index contributed by atoms with van der Waals surface area (Å²) in [5.74, 6) is 1.90. The summed E-state index contributed by atoms with van der Waals surface area (Å²) in [6.07, 6.45) is 3.88. The SMILES string of the molecule is Cc1c(NC(=O)NCC2CCC(Nc3nc(N(C)C)c4ccccc4n3)CC2)cccc1[N+](=O)[O-]. The molecule has 184 valence electrons. The van der Waals surface area contributed by atoms with Gasteiger partial charge in [0.2, 0.25) is 5.95 Å². The summed E-state index contributed by atoms with van der Waals surface area (Å²) < 4.78 is 0. The number of rotatable bonds is 7. The number of nitro groups is 1. The molecule has 0 aliphatic heterocycles. The molecule has 1 saturated carbocycles. The van der Waals surface area contributed by atoms with Crippen LogP contribution >= 0.6 is 0 Å². The summed E-state index contributed by atoms with van der Waals surface area (Å²) in [5, 5.41) is 21.3. The van der Waals surface area contributed by atoms with Crippen molar-refractivity contribution in [2.75, 3.05) is 36.2 Å². The molecule has 10 heteroatoms. The quantitative estimate of drug-likeness (QED) is 0.332. The van der Waals surface area contributed by atoms with Crippen molar-refractivity contribution in [1.82, 2.24) is 15.3 Å². The Morgan fingerprint density at radius 1 is 1.09 bits per heavy atom. The molecule has 1 fully saturated rings. The number of hydrogen-bond donors (Lipinski definition) is 3. The van der Waals surface area contributed by atoms with Gasteiger partial charge in [0.25, 0.3) is 5.69 Å². The Balaban J connectivity index is 1.28. The highest BCUT2D eigenvalue weighted by atomic mass is 16.6. The molecule has 1 aromatic heterocycles. The third-order valence-electron chi connectivity index (χ3n) is 6.49. The van der Waals surface area contributed by atoms with E-state index < -0.39 is 4.92 Å². The molecular weight excluding hydrogens is 446 g/mol. The Bertz CT molecular complexity index is 1220. The summed E-state index contributed by atoms with van der Waals surface area (Å²) in [6, 6.07) is 12.6. The fourth-order valence-corrected chi connectivity index (χ4v) is 4.52. The van der Waals surface area contributed by atoms with E-state index in [-0.39, 0.29) is 17.8 Å². The molecule has 0 radical (unpaired) electrons. The number of nitrogens with zero attached hydrogens (tertiary/aromatic N) is 4. The molecule has 2 aromatic carbocycles. The van der Waals surface area contributed by atoms with Gasteiger partial charge in [-0.05, 0) is 56.7 Å². The molecule has 3 aromatic rings. The number of amides is 2. The Labute approximate surface area is 204 Å². The molecule has 4 rings (SSSR count). The number of aromatic nitrogens is 2. The van der Waals surface area contributed by atoms with Crippen molar-refractivity contribution in [2.24, 2.45) is 5.92 Å². The monoisotopic (exact) mass is 477 g/mol. The molecule has 0 spiro atoms. The molecule has 2 amide bonds. The van der Waals surface area contributed by atoms with Gasteiger partial charge in [0.15, 0.2) is 0 Å². The third kappa shape index (κ3) is 5.76. The molecule has 1 aliphatic rings. The van der Waals surface area contributed by atoms with Crippen molar-refractivity contribution in [3.8, 4) is 0 Å². The summed E-state index contributed by atoms with van der Waals surface area (Å²) in [6.45, 7) is 2.19. The Kier molecular flexibility index (Phi) is 7.28. The molecule has 3 N–H and O–H groups in total. The van der Waals surface area contributed by atoms with Crippen LogP contribution in [0.25, 0.3) is 10.9 Å². The maximum atomic E-state index is 12.4. The highest BCUT2D eigenvalue weighted by molar-refractivity contribution is 5.91. The predicted octanol–water partition coefficient (Wildman–Crippen LogP) is 4.70. The molecule has 10 nitrogen and oxygen atoms in total. The highest BCUT2D eigenvalue weighted by Crippen LogP contribution is 2.28. The largest absolute Gasteiger partial charge is 0.362 e. The van der Waals surface area contributed by atoms with Gasteiger partial charge in [-0.15, -0.1) is 0 Å². The molecule has 0 saturated heterocycles. The van der Waals surface area contributed by atoms with Crippen LogP contribution in [-0.2, 0) is 0 Å². The third-order valence-corrected chi connectivity index (χ3v) is 6.49. The standard InChI is InChI=1S/C25H31N7O3/c1-16-20(9-6-10-22(16)32(34)35)29-25(33)26-15-17-11-13-18(14-12-17)27-24-28-21-8-5-4-7-19(21)23(30-24)31(2)3/h4-10,17-18H,11-15H2,1-3H3,(H2,26,29,33)(H,27,28,30). The summed E-state index contributed by atoms with van der Waals surface area (Å²) in [4.78, 5) is 34.4. The lowest BCUT2D eigenvalue weighted by atomic mass is 9.86. The van der Waals surface area contributed by atoms with Gasteiger partial charge in [0.05, 0.1) is 21.7 Å². The first-order valence-corrected chi connectivity index (χ1v) is 11.8. The zero-order valence-electron chi connectivity index (χ0n) is 20.2. The van der Waals surface area contributed by atoms with Gasteiger partial charge in [-0.1, -0.05) is 18.2 Å². The lowest BCUT2D eigenvalue weighted by Crippen LogP contribution is -2.36. The zero-order chi connectivity index (χ0) is 24.9. The topological polar surface area (TPSA) is 125 Å². The molecule has 1 aliphatic carbocycles. The average Bonchev–Trinajstić information content (AvgIpc) is 2.84. The number of nitro benzene ring substituents is 1. The van der Waals surface area contributed by atoms with Crippen LogP contribution in [0.5, 0.6) is 0 Å². The number of urea groups is 1. The van der Waals surface area contributed by atoms with Crippen molar-refractivity contribution in [2.45, 2.75) is 38.6 Å². The van der Waals surface area contributed by atoms with E-state index in [0.29, 0.717) is 29.7 Å². The summed E-state index contributed by atoms with van der Waals surface area (Å²) >= 11 is 0. The maximum absolute atomic E-state index is 12.4. The van der Waals surface area contributed by atoms with Gasteiger partial charge in [-0.25, -0.2) is 9.78 Å². The van der Waals surface area contributed by atoms with Crippen LogP contribution in [0.4, 0.5) is 27.9 Å². The van der Waals surface area contributed by atoms with Crippen LogP contribution in [0.2, 0.25) is 0 Å². The van der Waals surface area contributed by atoms with Crippen molar-refractivity contribution in [3.63, 3.8) is 0 Å². The van der Waals surface area contributed by atoms with Crippen molar-refractivity contribution >= 4 is 40.1 Å². The minimum Gasteiger partial charge on any atom is -0.362 e. The summed E-state index contributed by atoms with van der Waals surface area (Å²) in [5.41, 5.74) is 1.78. The smallest absolute Gasteiger partial charge is 0.319 e. The Morgan fingerprint density at radius 3 is 2.54 bits per heavy atom. The number of benzene rings is 2. The molecule has 0 unspecified atom stereocenters. The van der Waals surface area contributed by atoms with Gasteiger partial charge >= 0.3 is 6.03 Å². The number of anilines is 3. The number of fused-ring (bicyclic) bond motifs is 1. The van der Waals surface area contributed by atoms with Crippen LogP contribution in [0.15, 0.2) is 42.5 Å². The molecule has 0 bridgehead atoms. The second-order valence-electron chi connectivity index (χ2n) is 9.19. The zero-order valence-corrected chi connectivity index (χ0v) is 20.2. The lowest BCUT2D eigenvalue weighted by Gasteiger charge is -2.29. The Morgan fingerprint density at radius 2 is 1.83 bits per heavy atom. The van der Waals surface area contributed by atoms with Gasteiger partial charge in [-0.3, -0.25) is 10.1 Å². The van der Waals surface area contributed by atoms with Crippen LogP contribution in [0.1, 0.15) is 31.2 Å². The van der Waals surface area contributed by atoms with E-state index in [9.17, 15) is 14.9 Å². The van der Waals surface area contributed by atoms with Crippen molar-refractivity contribution in [3.05, 3.63) is 58.1 Å². The molecule has 0 atom stereocenters. The average molecular weight is 478 g/mol. The molecule has 1 heterocycles. The number of para-hydroxylation sites is 1. The highest BCUT2D eigenvalue weighted by Gasteiger charge is 2.23. The van der Waals surface area contributed by atoms with E-state index in [4.69, 9.17) is 9.97 Å². The van der Waals surface area contributed by atoms with Gasteiger partial charge in [0, 0.05) is 38.1 Å². The minimum absolute atomic E-state index is 0.0123. The number of carbonyl (C=O) groups is 1. The van der Waals surface area contributed by atoms with Gasteiger partial charge in [0.1, 0.15) is 5.82 Å². The van der Waals surface area contributed by atoms with Crippen molar-refractivity contribution in [1.29, 1.82) is 0 Å². The van der Waals surface area contributed by atoms with E-state index in [2.05, 4.69) is 16.0 Å². The van der Waals surface area contributed by atoms with Crippen LogP contribution in [0, 0.1) is 23.0 Å². The second-order valence-corrected chi connectivity index (χ2v) is 9.19. The summed E-state index contributed by atoms with van der Waals surface area (Å²) in [7, 11) is 3.96. The van der Waals surface area contributed by atoms with Gasteiger partial charge in [-0.2, -0.15) is 4.98 Å². The molecular formula is C25H31N7O3. The normalized spacial score (nSPS) is 17.6. The van der Waals surface area contributed by atoms with Gasteiger partial charge < -0.3 is 20.9 Å². The first kappa shape index (κ1) is 24.2. The van der Waals surface area contributed by atoms with Crippen LogP contribution < -0.4 is 20.9 Å². The first-order valence-electron chi connectivity index (χ1n) is 11.8. The van der Waals surface area contributed by atoms with E-state index in [1.54, 1.807) is 19.1 Å². The van der Waals surface area contributed by atoms with E-state index in [1.165, 1.54) is 6.07 Å². The minimum atomic E-state index is -0.449. The Hall–Kier alpha value is -3.95. The lowest BCUT2D eigenvalue weighted by molar-refractivity contribution is -0.385. The predicted molar refractivity (Wildman–Crippen MR) is 138 cm³/mol. The fourth-order valence-electron chi connectivity index (χ4n) is 4.52. The van der Waals surface area contributed by atoms with E-state index >= 15 is 0 Å². The number of carbonyl (C=O) groups excluding carboxylic acids is 1. The fraction of sp³-hybridized carbons (Fsp3) is 0.400. The van der Waals surface area contributed by atoms with Crippen molar-refractivity contribution < 1.29 is 9.72 Å². The first-order chi connectivity index (χ1) is 16.8. The van der Waals surface area contributed by atoms with E-state index in [0.717, 1.165) is 42.4 Å². The number of nitrogens with one attached hydrogen (secondary N) is 3. The van der Waals surface area contributed by atoms with E-state index in [1.807, 2.05) is 43.3 Å². The number of hydrogen-bond acceptors (Lipinski definition) is 7. The van der Waals surface area contributed by atoms with Crippen LogP contribution in [-0.4, -0.2) is 47.6 Å². The second kappa shape index (κ2) is 10.5.